The zero-order chi connectivity index (χ0) is 14.3. The molecular weight excluding hydrogens is 339 g/mol. The van der Waals surface area contributed by atoms with E-state index in [2.05, 4.69) is 33.2 Å². The van der Waals surface area contributed by atoms with Gasteiger partial charge < -0.3 is 5.32 Å². The Hall–Kier alpha value is -0.780. The number of nitrogens with zero attached hydrogens (tertiary/aromatic N) is 1. The third-order valence-corrected chi connectivity index (χ3v) is 5.17. The summed E-state index contributed by atoms with van der Waals surface area (Å²) < 4.78 is 15.1. The van der Waals surface area contributed by atoms with Crippen molar-refractivity contribution in [1.29, 1.82) is 0 Å². The number of benzene rings is 1. The first-order valence-corrected chi connectivity index (χ1v) is 8.30. The maximum Gasteiger partial charge on any atom is 0.128 e. The molecule has 0 saturated heterocycles. The van der Waals surface area contributed by atoms with Gasteiger partial charge in [0.25, 0.3) is 0 Å². The zero-order valence-corrected chi connectivity index (χ0v) is 13.8. The normalized spacial score (nSPS) is 16.4. The molecule has 1 saturated carbocycles. The Morgan fingerprint density at radius 3 is 2.75 bits per heavy atom. The summed E-state index contributed by atoms with van der Waals surface area (Å²) in [5.74, 6) is -0.183. The Balaban J connectivity index is 2.02. The van der Waals surface area contributed by atoms with Crippen LogP contribution >= 0.6 is 27.3 Å². The maximum atomic E-state index is 14.2. The summed E-state index contributed by atoms with van der Waals surface area (Å²) in [6.07, 6.45) is 2.32. The molecule has 0 amide bonds. The Morgan fingerprint density at radius 2 is 2.15 bits per heavy atom. The summed E-state index contributed by atoms with van der Waals surface area (Å²) in [6, 6.07) is 5.42. The van der Waals surface area contributed by atoms with Crippen LogP contribution in [0.4, 0.5) is 4.39 Å². The molecular formula is C15H16BrFN2S. The summed E-state index contributed by atoms with van der Waals surface area (Å²) >= 11 is 5.07. The molecule has 1 atom stereocenters. The lowest BCUT2D eigenvalue weighted by molar-refractivity contribution is 0.544. The maximum absolute atomic E-state index is 14.2. The topological polar surface area (TPSA) is 24.9 Å². The molecule has 1 fully saturated rings. The largest absolute Gasteiger partial charge is 0.301 e. The standard InChI is InChI=1S/C15H16BrFN2S/c1-8-9(2)20-15(18-8)14(19-11-4-5-11)12-7-10(16)3-6-13(12)17/h3,6-7,11,14,19H,4-5H2,1-2H3. The molecule has 0 radical (unpaired) electrons. The van der Waals surface area contributed by atoms with Crippen molar-refractivity contribution in [2.45, 2.75) is 38.8 Å². The minimum absolute atomic E-state index is 0.155. The van der Waals surface area contributed by atoms with Crippen molar-refractivity contribution in [1.82, 2.24) is 10.3 Å². The van der Waals surface area contributed by atoms with Gasteiger partial charge in [0.15, 0.2) is 0 Å². The SMILES string of the molecule is Cc1nc(C(NC2CC2)c2cc(Br)ccc2F)sc1C. The molecule has 1 unspecified atom stereocenters. The minimum Gasteiger partial charge on any atom is -0.301 e. The predicted molar refractivity (Wildman–Crippen MR) is 83.7 cm³/mol. The van der Waals surface area contributed by atoms with Crippen LogP contribution in [0.3, 0.4) is 0 Å². The molecule has 20 heavy (non-hydrogen) atoms. The molecule has 2 nitrogen and oxygen atoms in total. The number of rotatable bonds is 4. The van der Waals surface area contributed by atoms with Crippen LogP contribution in [0.5, 0.6) is 0 Å². The molecule has 1 aliphatic carbocycles. The van der Waals surface area contributed by atoms with Crippen molar-refractivity contribution in [2.75, 3.05) is 0 Å². The van der Waals surface area contributed by atoms with Crippen LogP contribution in [0.1, 0.15) is 40.0 Å². The van der Waals surface area contributed by atoms with E-state index in [1.54, 1.807) is 17.4 Å². The van der Waals surface area contributed by atoms with E-state index in [0.29, 0.717) is 11.6 Å². The van der Waals surface area contributed by atoms with E-state index < -0.39 is 0 Å². The summed E-state index contributed by atoms with van der Waals surface area (Å²) in [5, 5.41) is 4.47. The molecule has 0 bridgehead atoms. The molecule has 0 spiro atoms. The molecule has 2 aromatic rings. The second-order valence-corrected chi connectivity index (χ2v) is 7.38. The van der Waals surface area contributed by atoms with Gasteiger partial charge in [-0.3, -0.25) is 0 Å². The number of thiazole rings is 1. The molecule has 0 aliphatic heterocycles. The molecule has 1 N–H and O–H groups in total. The predicted octanol–water partition coefficient (Wildman–Crippen LogP) is 4.50. The molecule has 1 aromatic heterocycles. The quantitative estimate of drug-likeness (QED) is 0.873. The van der Waals surface area contributed by atoms with Gasteiger partial charge in [0, 0.05) is 21.0 Å². The zero-order valence-electron chi connectivity index (χ0n) is 11.4. The highest BCUT2D eigenvalue weighted by Crippen LogP contribution is 2.34. The lowest BCUT2D eigenvalue weighted by atomic mass is 10.1. The van der Waals surface area contributed by atoms with Gasteiger partial charge in [-0.15, -0.1) is 11.3 Å². The number of aryl methyl sites for hydroxylation is 2. The van der Waals surface area contributed by atoms with E-state index in [1.807, 2.05) is 13.0 Å². The van der Waals surface area contributed by atoms with Gasteiger partial charge in [0.2, 0.25) is 0 Å². The number of halogens is 2. The first-order valence-electron chi connectivity index (χ1n) is 6.69. The number of aromatic nitrogens is 1. The summed E-state index contributed by atoms with van der Waals surface area (Å²) in [6.45, 7) is 4.06. The molecule has 5 heteroatoms. The summed E-state index contributed by atoms with van der Waals surface area (Å²) in [4.78, 5) is 5.81. The highest BCUT2D eigenvalue weighted by molar-refractivity contribution is 9.10. The molecule has 1 heterocycles. The fourth-order valence-electron chi connectivity index (χ4n) is 2.14. The van der Waals surface area contributed by atoms with Crippen LogP contribution < -0.4 is 5.32 Å². The van der Waals surface area contributed by atoms with E-state index in [-0.39, 0.29) is 11.9 Å². The van der Waals surface area contributed by atoms with Gasteiger partial charge in [-0.25, -0.2) is 9.37 Å². The van der Waals surface area contributed by atoms with Crippen molar-refractivity contribution in [3.05, 3.63) is 49.6 Å². The van der Waals surface area contributed by atoms with Crippen LogP contribution in [-0.4, -0.2) is 11.0 Å². The van der Waals surface area contributed by atoms with E-state index in [0.717, 1.165) is 28.0 Å². The Morgan fingerprint density at radius 1 is 1.40 bits per heavy atom. The van der Waals surface area contributed by atoms with Crippen LogP contribution in [-0.2, 0) is 0 Å². The third kappa shape index (κ3) is 2.95. The Labute approximate surface area is 130 Å². The average Bonchev–Trinajstić information content (AvgIpc) is 3.16. The van der Waals surface area contributed by atoms with Gasteiger partial charge in [-0.1, -0.05) is 15.9 Å². The van der Waals surface area contributed by atoms with E-state index in [9.17, 15) is 4.39 Å². The van der Waals surface area contributed by atoms with Crippen molar-refractivity contribution in [3.8, 4) is 0 Å². The van der Waals surface area contributed by atoms with Crippen LogP contribution in [0, 0.1) is 19.7 Å². The highest BCUT2D eigenvalue weighted by atomic mass is 79.9. The minimum atomic E-state index is -0.183. The van der Waals surface area contributed by atoms with E-state index >= 15 is 0 Å². The van der Waals surface area contributed by atoms with Gasteiger partial charge >= 0.3 is 0 Å². The van der Waals surface area contributed by atoms with Crippen LogP contribution in [0.25, 0.3) is 0 Å². The number of hydrogen-bond acceptors (Lipinski definition) is 3. The smallest absolute Gasteiger partial charge is 0.128 e. The second kappa shape index (κ2) is 5.54. The van der Waals surface area contributed by atoms with Crippen molar-refractivity contribution >= 4 is 27.3 Å². The fraction of sp³-hybridized carbons (Fsp3) is 0.400. The summed E-state index contributed by atoms with van der Waals surface area (Å²) in [7, 11) is 0. The number of hydrogen-bond donors (Lipinski definition) is 1. The monoisotopic (exact) mass is 354 g/mol. The van der Waals surface area contributed by atoms with Crippen LogP contribution in [0.2, 0.25) is 0 Å². The van der Waals surface area contributed by atoms with Crippen molar-refractivity contribution < 1.29 is 4.39 Å². The first kappa shape index (κ1) is 14.2. The van der Waals surface area contributed by atoms with Gasteiger partial charge in [-0.2, -0.15) is 0 Å². The van der Waals surface area contributed by atoms with E-state index in [4.69, 9.17) is 0 Å². The van der Waals surface area contributed by atoms with Gasteiger partial charge in [0.05, 0.1) is 11.7 Å². The second-order valence-electron chi connectivity index (χ2n) is 5.23. The molecule has 1 aliphatic rings. The van der Waals surface area contributed by atoms with Gasteiger partial charge in [-0.05, 0) is 44.9 Å². The third-order valence-electron chi connectivity index (χ3n) is 3.54. The lowest BCUT2D eigenvalue weighted by Gasteiger charge is -2.17. The van der Waals surface area contributed by atoms with Crippen molar-refractivity contribution in [3.63, 3.8) is 0 Å². The molecule has 106 valence electrons. The molecule has 3 rings (SSSR count). The number of nitrogens with one attached hydrogen (secondary N) is 1. The Bertz CT molecular complexity index is 617. The van der Waals surface area contributed by atoms with Crippen LogP contribution in [0.15, 0.2) is 22.7 Å². The van der Waals surface area contributed by atoms with Crippen molar-refractivity contribution in [2.24, 2.45) is 0 Å². The first-order chi connectivity index (χ1) is 9.54. The lowest BCUT2D eigenvalue weighted by Crippen LogP contribution is -2.25. The Kier molecular flexibility index (Phi) is 3.93. The van der Waals surface area contributed by atoms with E-state index in [1.165, 1.54) is 10.9 Å². The summed E-state index contributed by atoms with van der Waals surface area (Å²) in [5.41, 5.74) is 1.70. The average molecular weight is 355 g/mol. The highest BCUT2D eigenvalue weighted by Gasteiger charge is 2.29. The fourth-order valence-corrected chi connectivity index (χ4v) is 3.52. The van der Waals surface area contributed by atoms with Gasteiger partial charge in [0.1, 0.15) is 10.8 Å². The molecule has 1 aromatic carbocycles.